The number of nitrogens with two attached hydrogens (primary N) is 1. The number of hydrogen-bond acceptors (Lipinski definition) is 5. The lowest BCUT2D eigenvalue weighted by Crippen LogP contribution is -2.57. The average Bonchev–Trinajstić information content (AvgIpc) is 2.46. The van der Waals surface area contributed by atoms with E-state index in [9.17, 15) is 4.79 Å². The van der Waals surface area contributed by atoms with Crippen molar-refractivity contribution in [2.75, 3.05) is 27.3 Å². The number of carbonyl (C=O) groups excluding carboxylic acids is 1. The molecule has 110 valence electrons. The lowest BCUT2D eigenvalue weighted by Gasteiger charge is -2.43. The van der Waals surface area contributed by atoms with Gasteiger partial charge in [-0.15, -0.1) is 0 Å². The Labute approximate surface area is 115 Å². The highest BCUT2D eigenvalue weighted by molar-refractivity contribution is 5.80. The van der Waals surface area contributed by atoms with Crippen molar-refractivity contribution in [3.63, 3.8) is 0 Å². The van der Waals surface area contributed by atoms with Gasteiger partial charge in [0, 0.05) is 19.7 Å². The Morgan fingerprint density at radius 2 is 2.11 bits per heavy atom. The number of rotatable bonds is 3. The summed E-state index contributed by atoms with van der Waals surface area (Å²) in [7, 11) is 3.19. The van der Waals surface area contributed by atoms with Crippen LogP contribution >= 0.6 is 0 Å². The molecule has 2 rings (SSSR count). The molecule has 0 amide bonds. The van der Waals surface area contributed by atoms with E-state index >= 15 is 0 Å². The van der Waals surface area contributed by atoms with Gasteiger partial charge in [0.2, 0.25) is 0 Å². The van der Waals surface area contributed by atoms with Crippen LogP contribution in [0.4, 0.5) is 0 Å². The predicted molar refractivity (Wildman–Crippen MR) is 72.8 cm³/mol. The zero-order chi connectivity index (χ0) is 13.9. The molecule has 1 aliphatic heterocycles. The molecular weight excluding hydrogens is 244 g/mol. The number of esters is 1. The lowest BCUT2D eigenvalue weighted by molar-refractivity contribution is -0.149. The molecule has 3 unspecified atom stereocenters. The summed E-state index contributed by atoms with van der Waals surface area (Å²) in [5.41, 5.74) is 5.45. The summed E-state index contributed by atoms with van der Waals surface area (Å²) in [6, 6.07) is 0.385. The van der Waals surface area contributed by atoms with Crippen molar-refractivity contribution in [1.29, 1.82) is 0 Å². The molecule has 0 bridgehead atoms. The molecule has 2 fully saturated rings. The van der Waals surface area contributed by atoms with Crippen molar-refractivity contribution in [2.24, 2.45) is 5.73 Å². The van der Waals surface area contributed by atoms with Gasteiger partial charge in [-0.3, -0.25) is 9.69 Å². The van der Waals surface area contributed by atoms with Gasteiger partial charge in [-0.05, 0) is 45.1 Å². The molecule has 19 heavy (non-hydrogen) atoms. The average molecular weight is 270 g/mol. The van der Waals surface area contributed by atoms with Crippen LogP contribution in [0.25, 0.3) is 0 Å². The Morgan fingerprint density at radius 3 is 2.79 bits per heavy atom. The number of hydrogen-bond donors (Lipinski definition) is 1. The molecular formula is C14H26N2O3. The summed E-state index contributed by atoms with van der Waals surface area (Å²) in [6.07, 6.45) is 6.15. The number of piperidine rings is 1. The Bertz CT molecular complexity index is 324. The van der Waals surface area contributed by atoms with Gasteiger partial charge < -0.3 is 15.2 Å². The van der Waals surface area contributed by atoms with Gasteiger partial charge in [-0.2, -0.15) is 0 Å². The lowest BCUT2D eigenvalue weighted by atomic mass is 9.78. The van der Waals surface area contributed by atoms with Crippen molar-refractivity contribution in [2.45, 2.75) is 56.2 Å². The van der Waals surface area contributed by atoms with Gasteiger partial charge in [-0.1, -0.05) is 0 Å². The molecule has 0 aromatic heterocycles. The third kappa shape index (κ3) is 3.27. The Hall–Kier alpha value is -0.650. The minimum Gasteiger partial charge on any atom is -0.468 e. The Morgan fingerprint density at radius 1 is 1.32 bits per heavy atom. The standard InChI is InChI=1S/C14H26N2O3/c1-18-12-6-4-8-16(10-12)11-5-3-7-14(15,9-11)13(17)19-2/h11-12H,3-10,15H2,1-2H3. The molecule has 0 radical (unpaired) electrons. The highest BCUT2D eigenvalue weighted by Crippen LogP contribution is 2.32. The van der Waals surface area contributed by atoms with E-state index in [0.717, 1.165) is 45.2 Å². The molecule has 1 aliphatic carbocycles. The first-order valence-corrected chi connectivity index (χ1v) is 7.23. The first-order chi connectivity index (χ1) is 9.09. The van der Waals surface area contributed by atoms with Crippen LogP contribution in [-0.4, -0.2) is 55.9 Å². The van der Waals surface area contributed by atoms with Gasteiger partial charge >= 0.3 is 5.97 Å². The number of likely N-dealkylation sites (tertiary alicyclic amines) is 1. The highest BCUT2D eigenvalue weighted by atomic mass is 16.5. The van der Waals surface area contributed by atoms with Crippen LogP contribution in [0.2, 0.25) is 0 Å². The zero-order valence-corrected chi connectivity index (χ0v) is 12.1. The van der Waals surface area contributed by atoms with Crippen molar-refractivity contribution in [1.82, 2.24) is 4.90 Å². The van der Waals surface area contributed by atoms with Crippen LogP contribution in [-0.2, 0) is 14.3 Å². The first kappa shape index (κ1) is 14.8. The minimum atomic E-state index is -0.794. The van der Waals surface area contributed by atoms with Crippen LogP contribution in [0.5, 0.6) is 0 Å². The Kier molecular flexibility index (Phi) is 4.81. The highest BCUT2D eigenvalue weighted by Gasteiger charge is 2.42. The number of ether oxygens (including phenoxy) is 2. The SMILES string of the molecule is COC(=O)C1(N)CCCC(N2CCCC(OC)C2)C1. The molecule has 0 aromatic rings. The summed E-state index contributed by atoms with van der Waals surface area (Å²) in [5.74, 6) is -0.266. The second kappa shape index (κ2) is 6.20. The fourth-order valence-corrected chi connectivity index (χ4v) is 3.47. The van der Waals surface area contributed by atoms with Gasteiger partial charge in [0.25, 0.3) is 0 Å². The predicted octanol–water partition coefficient (Wildman–Crippen LogP) is 0.910. The monoisotopic (exact) mass is 270 g/mol. The maximum Gasteiger partial charge on any atom is 0.325 e. The fourth-order valence-electron chi connectivity index (χ4n) is 3.47. The van der Waals surface area contributed by atoms with Gasteiger partial charge in [-0.25, -0.2) is 0 Å². The second-order valence-corrected chi connectivity index (χ2v) is 5.89. The smallest absolute Gasteiger partial charge is 0.325 e. The van der Waals surface area contributed by atoms with Gasteiger partial charge in [0.15, 0.2) is 0 Å². The van der Waals surface area contributed by atoms with E-state index in [1.807, 2.05) is 0 Å². The fraction of sp³-hybridized carbons (Fsp3) is 0.929. The normalized spacial score (nSPS) is 37.0. The molecule has 1 heterocycles. The quantitative estimate of drug-likeness (QED) is 0.772. The van der Waals surface area contributed by atoms with Crippen molar-refractivity contribution in [3.8, 4) is 0 Å². The third-order valence-electron chi connectivity index (χ3n) is 4.61. The summed E-state index contributed by atoms with van der Waals surface area (Å²) < 4.78 is 10.3. The maximum atomic E-state index is 11.8. The van der Waals surface area contributed by atoms with E-state index in [1.165, 1.54) is 7.11 Å². The number of methoxy groups -OCH3 is 2. The maximum absolute atomic E-state index is 11.8. The van der Waals surface area contributed by atoms with E-state index in [1.54, 1.807) is 7.11 Å². The largest absolute Gasteiger partial charge is 0.468 e. The first-order valence-electron chi connectivity index (χ1n) is 7.23. The molecule has 1 saturated carbocycles. The number of nitrogens with zero attached hydrogens (tertiary/aromatic N) is 1. The topological polar surface area (TPSA) is 64.8 Å². The summed E-state index contributed by atoms with van der Waals surface area (Å²) in [6.45, 7) is 2.04. The van der Waals surface area contributed by atoms with E-state index < -0.39 is 5.54 Å². The van der Waals surface area contributed by atoms with Crippen molar-refractivity contribution in [3.05, 3.63) is 0 Å². The van der Waals surface area contributed by atoms with Crippen LogP contribution in [0, 0.1) is 0 Å². The summed E-state index contributed by atoms with van der Waals surface area (Å²) >= 11 is 0. The van der Waals surface area contributed by atoms with Crippen molar-refractivity contribution < 1.29 is 14.3 Å². The number of carbonyl (C=O) groups is 1. The molecule has 3 atom stereocenters. The third-order valence-corrected chi connectivity index (χ3v) is 4.61. The second-order valence-electron chi connectivity index (χ2n) is 5.89. The van der Waals surface area contributed by atoms with Gasteiger partial charge in [0.1, 0.15) is 5.54 Å². The molecule has 2 N–H and O–H groups in total. The van der Waals surface area contributed by atoms with Crippen molar-refractivity contribution >= 4 is 5.97 Å². The summed E-state index contributed by atoms with van der Waals surface area (Å²) in [5, 5.41) is 0. The van der Waals surface area contributed by atoms with Crippen LogP contribution in [0.15, 0.2) is 0 Å². The molecule has 5 heteroatoms. The molecule has 0 aromatic carbocycles. The van der Waals surface area contributed by atoms with E-state index in [2.05, 4.69) is 4.90 Å². The van der Waals surface area contributed by atoms with E-state index in [0.29, 0.717) is 18.6 Å². The van der Waals surface area contributed by atoms with Crippen LogP contribution < -0.4 is 5.73 Å². The molecule has 5 nitrogen and oxygen atoms in total. The zero-order valence-electron chi connectivity index (χ0n) is 12.1. The minimum absolute atomic E-state index is 0.266. The van der Waals surface area contributed by atoms with E-state index in [-0.39, 0.29) is 5.97 Å². The van der Waals surface area contributed by atoms with Crippen LogP contribution in [0.1, 0.15) is 38.5 Å². The Balaban J connectivity index is 1.98. The molecule has 2 aliphatic rings. The molecule has 0 spiro atoms. The van der Waals surface area contributed by atoms with E-state index in [4.69, 9.17) is 15.2 Å². The van der Waals surface area contributed by atoms with Gasteiger partial charge in [0.05, 0.1) is 13.2 Å². The van der Waals surface area contributed by atoms with Crippen LogP contribution in [0.3, 0.4) is 0 Å². The molecule has 1 saturated heterocycles. The summed E-state index contributed by atoms with van der Waals surface area (Å²) in [4.78, 5) is 14.3.